The van der Waals surface area contributed by atoms with Crippen molar-refractivity contribution in [3.63, 3.8) is 0 Å². The van der Waals surface area contributed by atoms with Crippen LogP contribution in [0.3, 0.4) is 0 Å². The normalized spacial score (nSPS) is 23.2. The number of halogens is 2. The molecule has 0 spiro atoms. The van der Waals surface area contributed by atoms with Crippen molar-refractivity contribution in [2.24, 2.45) is 0 Å². The molecule has 0 N–H and O–H groups in total. The van der Waals surface area contributed by atoms with E-state index in [4.69, 9.17) is 11.6 Å². The van der Waals surface area contributed by atoms with Crippen LogP contribution in [0.5, 0.6) is 0 Å². The van der Waals surface area contributed by atoms with E-state index in [9.17, 15) is 13.2 Å². The van der Waals surface area contributed by atoms with Gasteiger partial charge in [-0.2, -0.15) is 4.31 Å². The van der Waals surface area contributed by atoms with Crippen LogP contribution in [-0.4, -0.2) is 61.0 Å². The molecule has 0 bridgehead atoms. The van der Waals surface area contributed by atoms with Gasteiger partial charge >= 0.3 is 0 Å². The lowest BCUT2D eigenvalue weighted by Crippen LogP contribution is -2.49. The number of sulfonamides is 1. The highest BCUT2D eigenvalue weighted by atomic mass is 35.5. The minimum absolute atomic E-state index is 0.00670. The Kier molecular flexibility index (Phi) is 7.50. The summed E-state index contributed by atoms with van der Waals surface area (Å²) in [5, 5.41) is -0.0165. The van der Waals surface area contributed by atoms with Gasteiger partial charge in [0, 0.05) is 62.0 Å². The number of carbonyl (C=O) groups is 1. The Labute approximate surface area is 206 Å². The van der Waals surface area contributed by atoms with Crippen LogP contribution in [0.4, 0.5) is 10.1 Å². The molecule has 4 rings (SSSR count). The molecule has 1 amide bonds. The molecule has 2 atom stereocenters. The zero-order valence-corrected chi connectivity index (χ0v) is 21.2. The molecule has 2 aliphatic heterocycles. The summed E-state index contributed by atoms with van der Waals surface area (Å²) in [6.07, 6.45) is 1.62. The maximum atomic E-state index is 15.1. The zero-order valence-electron chi connectivity index (χ0n) is 19.6. The Morgan fingerprint density at radius 3 is 2.41 bits per heavy atom. The van der Waals surface area contributed by atoms with Gasteiger partial charge in [-0.25, -0.2) is 12.8 Å². The Morgan fingerprint density at radius 1 is 1.06 bits per heavy atom. The number of rotatable bonds is 5. The van der Waals surface area contributed by atoms with Crippen LogP contribution in [0.15, 0.2) is 42.5 Å². The number of hydrogen-bond acceptors (Lipinski definition) is 4. The van der Waals surface area contributed by atoms with Gasteiger partial charge in [0.25, 0.3) is 0 Å². The Morgan fingerprint density at radius 2 is 1.76 bits per heavy atom. The molecular weight excluding hydrogens is 477 g/mol. The summed E-state index contributed by atoms with van der Waals surface area (Å²) in [4.78, 5) is 15.4. The third kappa shape index (κ3) is 5.24. The molecule has 34 heavy (non-hydrogen) atoms. The van der Waals surface area contributed by atoms with E-state index in [2.05, 4.69) is 0 Å². The van der Waals surface area contributed by atoms with Crippen molar-refractivity contribution in [3.8, 4) is 0 Å². The number of amides is 1. The van der Waals surface area contributed by atoms with E-state index in [1.165, 1.54) is 10.4 Å². The number of hydrogen-bond donors (Lipinski definition) is 0. The predicted octanol–water partition coefficient (Wildman–Crippen LogP) is 4.07. The summed E-state index contributed by atoms with van der Waals surface area (Å²) in [6, 6.07) is 12.1. The third-order valence-electron chi connectivity index (χ3n) is 7.00. The van der Waals surface area contributed by atoms with Gasteiger partial charge in [-0.05, 0) is 49.9 Å². The molecule has 9 heteroatoms. The van der Waals surface area contributed by atoms with Gasteiger partial charge < -0.3 is 9.80 Å². The molecule has 2 fully saturated rings. The summed E-state index contributed by atoms with van der Waals surface area (Å²) in [7, 11) is -3.63. The third-order valence-corrected chi connectivity index (χ3v) is 9.76. The summed E-state index contributed by atoms with van der Waals surface area (Å²) in [5.74, 6) is -0.368. The van der Waals surface area contributed by atoms with E-state index in [0.717, 1.165) is 11.3 Å². The molecular formula is C25H31ClFN3O3S. The Bertz CT molecular complexity index is 1150. The average Bonchev–Trinajstić information content (AvgIpc) is 2.80. The molecule has 0 radical (unpaired) electrons. The van der Waals surface area contributed by atoms with E-state index < -0.39 is 21.1 Å². The average molecular weight is 508 g/mol. The minimum atomic E-state index is -3.63. The minimum Gasteiger partial charge on any atom is -0.368 e. The lowest BCUT2D eigenvalue weighted by Gasteiger charge is -2.38. The molecule has 6 nitrogen and oxygen atoms in total. The van der Waals surface area contributed by atoms with Gasteiger partial charge in [0.2, 0.25) is 15.9 Å². The molecule has 184 valence electrons. The van der Waals surface area contributed by atoms with Crippen LogP contribution in [0.25, 0.3) is 0 Å². The van der Waals surface area contributed by atoms with Crippen molar-refractivity contribution in [3.05, 3.63) is 64.4 Å². The first-order valence-electron chi connectivity index (χ1n) is 11.7. The molecule has 0 aromatic heterocycles. The van der Waals surface area contributed by atoms with Crippen LogP contribution in [0, 0.1) is 5.82 Å². The second-order valence-electron chi connectivity index (χ2n) is 9.20. The Balaban J connectivity index is 1.48. The highest BCUT2D eigenvalue weighted by molar-refractivity contribution is 7.89. The maximum absolute atomic E-state index is 15.1. The van der Waals surface area contributed by atoms with Gasteiger partial charge in [0.05, 0.1) is 5.25 Å². The molecule has 2 aromatic rings. The summed E-state index contributed by atoms with van der Waals surface area (Å²) < 4.78 is 43.5. The molecule has 2 heterocycles. The van der Waals surface area contributed by atoms with Crippen LogP contribution in [-0.2, 0) is 27.8 Å². The SMILES string of the molecule is CC(=O)N1CCN(c2ccc(CN3[C@@H](C)CC[C@@H](Cc4ccccc4Cl)S3(=O)=O)c(F)c2)CC1. The first-order valence-corrected chi connectivity index (χ1v) is 13.6. The van der Waals surface area contributed by atoms with Gasteiger partial charge in [-0.3, -0.25) is 4.79 Å². The lowest BCUT2D eigenvalue weighted by atomic mass is 10.0. The molecule has 0 saturated carbocycles. The van der Waals surface area contributed by atoms with Crippen molar-refractivity contribution in [1.29, 1.82) is 0 Å². The largest absolute Gasteiger partial charge is 0.368 e. The topological polar surface area (TPSA) is 60.9 Å². The predicted molar refractivity (Wildman–Crippen MR) is 133 cm³/mol. The first kappa shape index (κ1) is 24.9. The molecule has 2 aliphatic rings. The molecule has 2 saturated heterocycles. The van der Waals surface area contributed by atoms with Crippen molar-refractivity contribution in [2.45, 2.75) is 50.9 Å². The lowest BCUT2D eigenvalue weighted by molar-refractivity contribution is -0.129. The van der Waals surface area contributed by atoms with Crippen LogP contribution in [0.1, 0.15) is 37.8 Å². The smallest absolute Gasteiger partial charge is 0.219 e. The fourth-order valence-electron chi connectivity index (χ4n) is 4.83. The second kappa shape index (κ2) is 10.2. The first-order chi connectivity index (χ1) is 16.2. The van der Waals surface area contributed by atoms with Gasteiger partial charge in [0.15, 0.2) is 0 Å². The highest BCUT2D eigenvalue weighted by Crippen LogP contribution is 2.32. The van der Waals surface area contributed by atoms with Crippen LogP contribution < -0.4 is 4.90 Å². The highest BCUT2D eigenvalue weighted by Gasteiger charge is 2.40. The van der Waals surface area contributed by atoms with E-state index in [1.54, 1.807) is 24.0 Å². The molecule has 0 aliphatic carbocycles. The van der Waals surface area contributed by atoms with E-state index in [-0.39, 0.29) is 18.5 Å². The van der Waals surface area contributed by atoms with E-state index in [0.29, 0.717) is 56.0 Å². The number of carbonyl (C=O) groups excluding carboxylic acids is 1. The standard InChI is InChI=1S/C25H31ClFN3O3S/c1-18-7-10-23(15-20-5-3-4-6-24(20)26)34(32,33)30(18)17-21-8-9-22(16-25(21)27)29-13-11-28(12-14-29)19(2)31/h3-6,8-9,16,18,23H,7,10-15,17H2,1-2H3/t18-,23-/m0/s1. The van der Waals surface area contributed by atoms with Crippen LogP contribution >= 0.6 is 11.6 Å². The summed E-state index contributed by atoms with van der Waals surface area (Å²) in [5.41, 5.74) is 1.92. The number of piperazine rings is 1. The second-order valence-corrected chi connectivity index (χ2v) is 11.8. The van der Waals surface area contributed by atoms with Gasteiger partial charge in [-0.1, -0.05) is 35.9 Å². The molecule has 0 unspecified atom stereocenters. The van der Waals surface area contributed by atoms with E-state index in [1.807, 2.05) is 36.1 Å². The van der Waals surface area contributed by atoms with Gasteiger partial charge in [-0.15, -0.1) is 0 Å². The van der Waals surface area contributed by atoms with E-state index >= 15 is 4.39 Å². The fraction of sp³-hybridized carbons (Fsp3) is 0.480. The maximum Gasteiger partial charge on any atom is 0.219 e. The summed E-state index contributed by atoms with van der Waals surface area (Å²) >= 11 is 6.27. The Hall–Kier alpha value is -2.16. The van der Waals surface area contributed by atoms with Crippen molar-refractivity contribution < 1.29 is 17.6 Å². The van der Waals surface area contributed by atoms with Crippen molar-refractivity contribution >= 4 is 33.2 Å². The number of nitrogens with zero attached hydrogens (tertiary/aromatic N) is 3. The number of anilines is 1. The van der Waals surface area contributed by atoms with Gasteiger partial charge in [0.1, 0.15) is 5.82 Å². The monoisotopic (exact) mass is 507 g/mol. The molecule has 2 aromatic carbocycles. The van der Waals surface area contributed by atoms with Crippen molar-refractivity contribution in [1.82, 2.24) is 9.21 Å². The quantitative estimate of drug-likeness (QED) is 0.612. The van der Waals surface area contributed by atoms with Crippen LogP contribution in [0.2, 0.25) is 5.02 Å². The number of benzene rings is 2. The fourth-order valence-corrected chi connectivity index (χ4v) is 7.18. The summed E-state index contributed by atoms with van der Waals surface area (Å²) in [6.45, 7) is 5.93. The zero-order chi connectivity index (χ0) is 24.5. The van der Waals surface area contributed by atoms with Crippen molar-refractivity contribution in [2.75, 3.05) is 31.1 Å².